The third-order valence-corrected chi connectivity index (χ3v) is 23.4. The van der Waals surface area contributed by atoms with Crippen LogP contribution in [0.4, 0.5) is 45.5 Å². The number of rotatable bonds is 55. The van der Waals surface area contributed by atoms with Gasteiger partial charge in [-0.1, -0.05) is 296 Å². The summed E-state index contributed by atoms with van der Waals surface area (Å²) in [5.74, 6) is -6.91. The normalized spacial score (nSPS) is 12.6. The van der Waals surface area contributed by atoms with Gasteiger partial charge >= 0.3 is 0 Å². The Kier molecular flexibility index (Phi) is 41.3. The van der Waals surface area contributed by atoms with E-state index in [1.807, 2.05) is 13.0 Å². The van der Waals surface area contributed by atoms with Gasteiger partial charge in [-0.2, -0.15) is 41.5 Å². The Bertz CT molecular complexity index is 4890. The summed E-state index contributed by atoms with van der Waals surface area (Å²) in [5.41, 5.74) is 2.66. The van der Waals surface area contributed by atoms with Gasteiger partial charge in [-0.3, -0.25) is 0 Å². The molecule has 20 nitrogen and oxygen atoms in total. The fraction of sp³-hybridized carbons (Fsp3) is 0.485. The van der Waals surface area contributed by atoms with E-state index in [1.54, 1.807) is 97.1 Å². The largest absolute Gasteiger partial charge is 0.505 e. The quantitative estimate of drug-likeness (QED) is 0.0130. The highest BCUT2D eigenvalue weighted by atomic mass is 16.3. The van der Waals surface area contributed by atoms with Gasteiger partial charge in [0.2, 0.25) is 0 Å². The number of unbranched alkanes of at least 4 members (excludes halogenated alkanes) is 32. The van der Waals surface area contributed by atoms with Gasteiger partial charge in [0.25, 0.3) is 0 Å². The first-order chi connectivity index (χ1) is 59.0. The Morgan fingerprint density at radius 1 is 0.240 bits per heavy atom. The second-order valence-electron chi connectivity index (χ2n) is 32.6. The number of azo groups is 4. The third-order valence-electron chi connectivity index (χ3n) is 23.4. The van der Waals surface area contributed by atoms with Crippen molar-refractivity contribution >= 4 is 45.5 Å². The molecular formula is C101H128N12O8. The minimum Gasteiger partial charge on any atom is -0.505 e. The van der Waals surface area contributed by atoms with Gasteiger partial charge in [0.05, 0.1) is 69.3 Å². The number of hydrogen-bond acceptors (Lipinski definition) is 20. The van der Waals surface area contributed by atoms with Gasteiger partial charge in [0.1, 0.15) is 11.5 Å². The van der Waals surface area contributed by atoms with Gasteiger partial charge in [-0.05, 0) is 134 Å². The van der Waals surface area contributed by atoms with Crippen molar-refractivity contribution < 1.29 is 40.9 Å². The second-order valence-corrected chi connectivity index (χ2v) is 32.6. The number of nitriles is 4. The molecule has 0 aliphatic heterocycles. The van der Waals surface area contributed by atoms with Crippen molar-refractivity contribution in [2.45, 2.75) is 315 Å². The third kappa shape index (κ3) is 29.2. The topological polar surface area (TPSA) is 356 Å². The van der Waals surface area contributed by atoms with E-state index in [2.05, 4.69) is 82.7 Å². The van der Waals surface area contributed by atoms with E-state index in [4.69, 9.17) is 10.2 Å². The van der Waals surface area contributed by atoms with Crippen molar-refractivity contribution in [2.75, 3.05) is 0 Å². The molecule has 121 heavy (non-hydrogen) atoms. The van der Waals surface area contributed by atoms with E-state index in [0.717, 1.165) is 161 Å². The van der Waals surface area contributed by atoms with Crippen molar-refractivity contribution in [3.8, 4) is 70.3 Å². The van der Waals surface area contributed by atoms with Crippen LogP contribution in [0.25, 0.3) is 0 Å². The maximum absolute atomic E-state index is 13.7. The summed E-state index contributed by atoms with van der Waals surface area (Å²) in [6, 6.07) is 42.6. The average molecular weight is 1640 g/mol. The second kappa shape index (κ2) is 52.5. The zero-order valence-corrected chi connectivity index (χ0v) is 72.2. The van der Waals surface area contributed by atoms with E-state index >= 15 is 0 Å². The monoisotopic (exact) mass is 1640 g/mol. The summed E-state index contributed by atoms with van der Waals surface area (Å²) in [5, 5.41) is 181. The van der Waals surface area contributed by atoms with Gasteiger partial charge in [-0.25, -0.2) is 0 Å². The lowest BCUT2D eigenvalue weighted by atomic mass is 9.77. The van der Waals surface area contributed by atoms with Crippen LogP contribution in [0.3, 0.4) is 0 Å². The van der Waals surface area contributed by atoms with E-state index in [1.165, 1.54) is 69.2 Å². The molecular weight excluding hydrogens is 1510 g/mol. The summed E-state index contributed by atoms with van der Waals surface area (Å²) in [4.78, 5) is 0. The minimum absolute atomic E-state index is 0.148. The van der Waals surface area contributed by atoms with Crippen LogP contribution in [0.15, 0.2) is 168 Å². The van der Waals surface area contributed by atoms with E-state index in [-0.39, 0.29) is 103 Å². The van der Waals surface area contributed by atoms with Crippen molar-refractivity contribution in [3.63, 3.8) is 0 Å². The molecule has 0 saturated carbocycles. The zero-order chi connectivity index (χ0) is 86.5. The van der Waals surface area contributed by atoms with E-state index in [0.29, 0.717) is 66.5 Å². The molecule has 4 unspecified atom stereocenters. The van der Waals surface area contributed by atoms with Gasteiger partial charge in [0, 0.05) is 51.1 Å². The maximum Gasteiger partial charge on any atom is 0.169 e. The van der Waals surface area contributed by atoms with E-state index in [9.17, 15) is 61.9 Å². The molecule has 640 valence electrons. The zero-order valence-electron chi connectivity index (χ0n) is 72.2. The average Bonchev–Trinajstić information content (AvgIpc) is 0.751. The molecule has 4 atom stereocenters. The first-order valence-electron chi connectivity index (χ1n) is 45.0. The van der Waals surface area contributed by atoms with Crippen molar-refractivity contribution in [1.29, 1.82) is 21.0 Å². The predicted molar refractivity (Wildman–Crippen MR) is 482 cm³/mol. The molecule has 0 fully saturated rings. The fourth-order valence-corrected chi connectivity index (χ4v) is 16.3. The smallest absolute Gasteiger partial charge is 0.169 e. The summed E-state index contributed by atoms with van der Waals surface area (Å²) < 4.78 is 0. The first kappa shape index (κ1) is 95.0. The van der Waals surface area contributed by atoms with E-state index < -0.39 is 58.0 Å². The standard InChI is InChI=1S/C101H128N12O8/c1-6-10-14-18-22-26-30-34-38-46-71(5)84-64-85(97(117)92(96(84)116)111-107-77-52-43-48-73(61-77)68-103)81(56-40-36-32-28-24-20-16-12-8-3)88-66-89(101(121)94(100(88)120)113-109-79-54-45-50-75(63-79)70-105)82(57-41-37-33-29-25-21-17-13-9-4)87-65-86(98(118)93(99(87)119)112-108-78-53-44-49-74(62-78)69-104)80(55-39-35-31-27-23-19-15-11-7-2)83-58-59-90(114)91(95(83)115)110-106-76-51-42-47-72(60-76)67-102/h42-45,47-54,58-66,71,80-82,114-121H,6-41,46,55-57H2,1-5H3. The molecule has 0 amide bonds. The van der Waals surface area contributed by atoms with Crippen LogP contribution < -0.4 is 0 Å². The number of phenols is 8. The predicted octanol–water partition coefficient (Wildman–Crippen LogP) is 31.7. The van der Waals surface area contributed by atoms with Crippen LogP contribution in [0.5, 0.6) is 46.0 Å². The summed E-state index contributed by atoms with van der Waals surface area (Å²) in [6.45, 7) is 10.8. The van der Waals surface area contributed by atoms with Crippen LogP contribution in [-0.2, 0) is 0 Å². The number of benzene rings is 8. The van der Waals surface area contributed by atoms with Crippen LogP contribution in [-0.4, -0.2) is 40.9 Å². The molecule has 0 aliphatic rings. The molecule has 8 N–H and O–H groups in total. The Hall–Kier alpha value is -11.5. The summed E-state index contributed by atoms with van der Waals surface area (Å²) in [6.07, 6.45) is 37.7. The summed E-state index contributed by atoms with van der Waals surface area (Å²) in [7, 11) is 0. The summed E-state index contributed by atoms with van der Waals surface area (Å²) >= 11 is 0. The highest BCUT2D eigenvalue weighted by molar-refractivity contribution is 5.76. The lowest BCUT2D eigenvalue weighted by Gasteiger charge is -2.28. The fourth-order valence-electron chi connectivity index (χ4n) is 16.3. The molecule has 0 heterocycles. The Balaban J connectivity index is 1.45. The highest BCUT2D eigenvalue weighted by Crippen LogP contribution is 2.58. The Morgan fingerprint density at radius 2 is 0.463 bits per heavy atom. The molecule has 20 heteroatoms. The van der Waals surface area contributed by atoms with Crippen molar-refractivity contribution in [3.05, 3.63) is 189 Å². The molecule has 8 aromatic carbocycles. The van der Waals surface area contributed by atoms with Gasteiger partial charge in [-0.15, -0.1) is 20.5 Å². The molecule has 0 aromatic heterocycles. The molecule has 8 rings (SSSR count). The van der Waals surface area contributed by atoms with Crippen molar-refractivity contribution in [2.24, 2.45) is 40.9 Å². The Labute approximate surface area is 718 Å². The number of nitrogens with zero attached hydrogens (tertiary/aromatic N) is 12. The lowest BCUT2D eigenvalue weighted by Crippen LogP contribution is -2.10. The van der Waals surface area contributed by atoms with Gasteiger partial charge < -0.3 is 40.9 Å². The van der Waals surface area contributed by atoms with Crippen molar-refractivity contribution in [1.82, 2.24) is 0 Å². The molecule has 8 aromatic rings. The van der Waals surface area contributed by atoms with Crippen LogP contribution in [0.1, 0.15) is 376 Å². The lowest BCUT2D eigenvalue weighted by molar-refractivity contribution is 0.423. The number of hydrogen-bond donors (Lipinski definition) is 8. The molecule has 0 radical (unpaired) electrons. The van der Waals surface area contributed by atoms with Gasteiger partial charge in [0.15, 0.2) is 57.2 Å². The maximum atomic E-state index is 13.7. The molecule has 0 bridgehead atoms. The van der Waals surface area contributed by atoms with Crippen LogP contribution >= 0.6 is 0 Å². The highest BCUT2D eigenvalue weighted by Gasteiger charge is 2.36. The Morgan fingerprint density at radius 3 is 0.736 bits per heavy atom. The minimum atomic E-state index is -1.09. The molecule has 0 aliphatic carbocycles. The molecule has 0 saturated heterocycles. The molecule has 0 spiro atoms. The van der Waals surface area contributed by atoms with Crippen LogP contribution in [0, 0.1) is 45.3 Å². The van der Waals surface area contributed by atoms with Crippen LogP contribution in [0.2, 0.25) is 0 Å². The first-order valence-corrected chi connectivity index (χ1v) is 45.0. The number of phenolic OH excluding ortho intramolecular Hbond substituents is 8. The SMILES string of the molecule is CCCCCCCCCCCC(C)c1cc(C(CCCCCCCCCCC)c2cc(C(CCCCCCCCCCC)c3cc(C(CCCCCCCCCCC)c4ccc(O)c(N=Nc5cccc(C#N)c5)c4O)c(O)c(N=Nc4cccc(C#N)c4)c3O)c(O)c(N=Nc3cccc(C#N)c3)c2O)c(O)c(N=Nc2cccc(C#N)c2)c1O. The number of aromatic hydroxyl groups is 8.